The third-order valence-electron chi connectivity index (χ3n) is 2.39. The van der Waals surface area contributed by atoms with Gasteiger partial charge in [-0.25, -0.2) is 0 Å². The molecule has 0 amide bonds. The van der Waals surface area contributed by atoms with Crippen LogP contribution in [-0.4, -0.2) is 19.8 Å². The van der Waals surface area contributed by atoms with E-state index in [-0.39, 0.29) is 0 Å². The molecule has 0 aromatic heterocycles. The van der Waals surface area contributed by atoms with Gasteiger partial charge in [-0.2, -0.15) is 0 Å². The summed E-state index contributed by atoms with van der Waals surface area (Å²) in [6.07, 6.45) is 3.82. The average Bonchev–Trinajstić information content (AvgIpc) is 2.06. The van der Waals surface area contributed by atoms with E-state index in [1.54, 1.807) is 0 Å². The van der Waals surface area contributed by atoms with Crippen molar-refractivity contribution in [3.05, 3.63) is 0 Å². The van der Waals surface area contributed by atoms with Crippen molar-refractivity contribution in [1.82, 2.24) is 0 Å². The number of hydrogen-bond acceptors (Lipinski definition) is 2. The Kier molecular flexibility index (Phi) is 3.87. The van der Waals surface area contributed by atoms with E-state index in [1.807, 2.05) is 0 Å². The Bertz CT molecular complexity index is 99.7. The Morgan fingerprint density at radius 3 is 3.00 bits per heavy atom. The fourth-order valence-electron chi connectivity index (χ4n) is 1.66. The van der Waals surface area contributed by atoms with Gasteiger partial charge >= 0.3 is 0 Å². The first-order chi connectivity index (χ1) is 5.33. The van der Waals surface area contributed by atoms with Gasteiger partial charge in [0.25, 0.3) is 0 Å². The maximum Gasteiger partial charge on any atom is 0.0494 e. The molecule has 66 valence electrons. The van der Waals surface area contributed by atoms with Crippen molar-refractivity contribution < 1.29 is 4.74 Å². The van der Waals surface area contributed by atoms with Gasteiger partial charge in [0.05, 0.1) is 0 Å². The summed E-state index contributed by atoms with van der Waals surface area (Å²) in [5.74, 6) is 1.45. The van der Waals surface area contributed by atoms with E-state index in [2.05, 4.69) is 6.92 Å². The molecule has 1 saturated heterocycles. The molecular formula is C9H19NO. The van der Waals surface area contributed by atoms with Crippen molar-refractivity contribution in [3.63, 3.8) is 0 Å². The Hall–Kier alpha value is -0.0800. The van der Waals surface area contributed by atoms with Crippen LogP contribution in [0, 0.1) is 11.8 Å². The van der Waals surface area contributed by atoms with Crippen LogP contribution < -0.4 is 5.73 Å². The van der Waals surface area contributed by atoms with Gasteiger partial charge in [0, 0.05) is 13.2 Å². The summed E-state index contributed by atoms with van der Waals surface area (Å²) >= 11 is 0. The summed E-state index contributed by atoms with van der Waals surface area (Å²) < 4.78 is 5.39. The van der Waals surface area contributed by atoms with Crippen LogP contribution in [0.5, 0.6) is 0 Å². The first-order valence-corrected chi connectivity index (χ1v) is 4.60. The molecule has 2 atom stereocenters. The summed E-state index contributed by atoms with van der Waals surface area (Å²) in [5.41, 5.74) is 5.55. The predicted molar refractivity (Wildman–Crippen MR) is 46.4 cm³/mol. The second-order valence-electron chi connectivity index (χ2n) is 3.66. The fraction of sp³-hybridized carbons (Fsp3) is 1.00. The zero-order chi connectivity index (χ0) is 8.10. The normalized spacial score (nSPS) is 28.4. The van der Waals surface area contributed by atoms with Crippen LogP contribution in [0.3, 0.4) is 0 Å². The largest absolute Gasteiger partial charge is 0.381 e. The fourth-order valence-corrected chi connectivity index (χ4v) is 1.66. The van der Waals surface area contributed by atoms with Crippen molar-refractivity contribution in [2.75, 3.05) is 19.8 Å². The number of hydrogen-bond donors (Lipinski definition) is 1. The second kappa shape index (κ2) is 4.73. The summed E-state index contributed by atoms with van der Waals surface area (Å²) in [6.45, 7) is 4.96. The lowest BCUT2D eigenvalue weighted by atomic mass is 9.91. The average molecular weight is 157 g/mol. The molecule has 0 aromatic rings. The molecule has 1 fully saturated rings. The third-order valence-corrected chi connectivity index (χ3v) is 2.39. The second-order valence-corrected chi connectivity index (χ2v) is 3.66. The minimum Gasteiger partial charge on any atom is -0.381 e. The van der Waals surface area contributed by atoms with Crippen LogP contribution in [0.4, 0.5) is 0 Å². The highest BCUT2D eigenvalue weighted by molar-refractivity contribution is 4.66. The zero-order valence-corrected chi connectivity index (χ0v) is 7.38. The molecule has 0 spiro atoms. The van der Waals surface area contributed by atoms with Gasteiger partial charge in [0.15, 0.2) is 0 Å². The van der Waals surface area contributed by atoms with E-state index >= 15 is 0 Å². The van der Waals surface area contributed by atoms with Gasteiger partial charge in [-0.1, -0.05) is 6.92 Å². The monoisotopic (exact) mass is 157 g/mol. The maximum atomic E-state index is 5.55. The Labute approximate surface area is 69.1 Å². The van der Waals surface area contributed by atoms with E-state index in [0.29, 0.717) is 5.92 Å². The Morgan fingerprint density at radius 1 is 1.64 bits per heavy atom. The molecular weight excluding hydrogens is 138 g/mol. The Morgan fingerprint density at radius 2 is 2.45 bits per heavy atom. The van der Waals surface area contributed by atoms with Gasteiger partial charge in [-0.15, -0.1) is 0 Å². The van der Waals surface area contributed by atoms with E-state index in [9.17, 15) is 0 Å². The molecule has 1 rings (SSSR count). The first kappa shape index (κ1) is 9.01. The molecule has 0 unspecified atom stereocenters. The molecule has 2 N–H and O–H groups in total. The predicted octanol–water partition coefficient (Wildman–Crippen LogP) is 1.40. The lowest BCUT2D eigenvalue weighted by Crippen LogP contribution is -2.22. The van der Waals surface area contributed by atoms with Crippen molar-refractivity contribution in [1.29, 1.82) is 0 Å². The van der Waals surface area contributed by atoms with Gasteiger partial charge in [-0.05, 0) is 37.6 Å². The van der Waals surface area contributed by atoms with Crippen molar-refractivity contribution in [2.45, 2.75) is 26.2 Å². The summed E-state index contributed by atoms with van der Waals surface area (Å²) in [7, 11) is 0. The van der Waals surface area contributed by atoms with Crippen LogP contribution >= 0.6 is 0 Å². The number of rotatable bonds is 3. The first-order valence-electron chi connectivity index (χ1n) is 4.60. The minimum absolute atomic E-state index is 0.668. The van der Waals surface area contributed by atoms with E-state index in [4.69, 9.17) is 10.5 Å². The molecule has 1 aliphatic heterocycles. The van der Waals surface area contributed by atoms with Crippen LogP contribution in [0.25, 0.3) is 0 Å². The highest BCUT2D eigenvalue weighted by Gasteiger charge is 2.15. The Balaban J connectivity index is 2.13. The summed E-state index contributed by atoms with van der Waals surface area (Å²) in [5, 5.41) is 0. The molecule has 0 saturated carbocycles. The molecule has 1 heterocycles. The lowest BCUT2D eigenvalue weighted by Gasteiger charge is -2.24. The van der Waals surface area contributed by atoms with E-state index in [0.717, 1.165) is 25.7 Å². The van der Waals surface area contributed by atoms with E-state index in [1.165, 1.54) is 19.3 Å². The molecule has 11 heavy (non-hydrogen) atoms. The zero-order valence-electron chi connectivity index (χ0n) is 7.38. The quantitative estimate of drug-likeness (QED) is 0.672. The molecule has 0 bridgehead atoms. The highest BCUT2D eigenvalue weighted by Crippen LogP contribution is 2.20. The highest BCUT2D eigenvalue weighted by atomic mass is 16.5. The number of nitrogens with two attached hydrogens (primary N) is 1. The van der Waals surface area contributed by atoms with Crippen molar-refractivity contribution >= 4 is 0 Å². The molecule has 0 radical (unpaired) electrons. The molecule has 1 aliphatic rings. The van der Waals surface area contributed by atoms with Gasteiger partial charge in [0.2, 0.25) is 0 Å². The van der Waals surface area contributed by atoms with Gasteiger partial charge in [-0.3, -0.25) is 0 Å². The third kappa shape index (κ3) is 3.21. The standard InChI is InChI=1S/C9H19NO/c1-8(6-10)5-9-3-2-4-11-7-9/h8-9H,2-7,10H2,1H3/t8-,9+/m0/s1. The van der Waals surface area contributed by atoms with Crippen LogP contribution in [0.2, 0.25) is 0 Å². The van der Waals surface area contributed by atoms with Gasteiger partial charge in [0.1, 0.15) is 0 Å². The van der Waals surface area contributed by atoms with Crippen molar-refractivity contribution in [3.8, 4) is 0 Å². The summed E-state index contributed by atoms with van der Waals surface area (Å²) in [6, 6.07) is 0. The smallest absolute Gasteiger partial charge is 0.0494 e. The SMILES string of the molecule is C[C@H](CN)C[C@H]1CCCOC1. The van der Waals surface area contributed by atoms with Crippen LogP contribution in [0.15, 0.2) is 0 Å². The summed E-state index contributed by atoms with van der Waals surface area (Å²) in [4.78, 5) is 0. The minimum atomic E-state index is 0.668. The van der Waals surface area contributed by atoms with Crippen LogP contribution in [0.1, 0.15) is 26.2 Å². The maximum absolute atomic E-state index is 5.55. The van der Waals surface area contributed by atoms with Crippen LogP contribution in [-0.2, 0) is 4.74 Å². The number of ether oxygens (including phenoxy) is 1. The van der Waals surface area contributed by atoms with E-state index < -0.39 is 0 Å². The van der Waals surface area contributed by atoms with Gasteiger partial charge < -0.3 is 10.5 Å². The molecule has 0 aliphatic carbocycles. The molecule has 2 nitrogen and oxygen atoms in total. The lowest BCUT2D eigenvalue weighted by molar-refractivity contribution is 0.0465. The molecule has 2 heteroatoms. The molecule has 0 aromatic carbocycles. The van der Waals surface area contributed by atoms with Crippen molar-refractivity contribution in [2.24, 2.45) is 17.6 Å². The topological polar surface area (TPSA) is 35.2 Å².